The van der Waals surface area contributed by atoms with Crippen LogP contribution in [0, 0.1) is 0 Å². The van der Waals surface area contributed by atoms with E-state index in [1.165, 1.54) is 0 Å². The summed E-state index contributed by atoms with van der Waals surface area (Å²) in [5, 5.41) is 2.80. The summed E-state index contributed by atoms with van der Waals surface area (Å²) in [6, 6.07) is 5.35. The van der Waals surface area contributed by atoms with E-state index in [1.807, 2.05) is 19.9 Å². The second-order valence-corrected chi connectivity index (χ2v) is 4.90. The number of para-hydroxylation sites is 1. The molecule has 0 aliphatic heterocycles. The minimum Gasteiger partial charge on any atom is -0.350 e. The van der Waals surface area contributed by atoms with E-state index in [2.05, 4.69) is 15.3 Å². The van der Waals surface area contributed by atoms with Crippen molar-refractivity contribution in [2.24, 2.45) is 5.73 Å². The summed E-state index contributed by atoms with van der Waals surface area (Å²) in [5.74, 6) is -0.181. The second-order valence-electron chi connectivity index (χ2n) is 4.90. The van der Waals surface area contributed by atoms with Gasteiger partial charge in [0.25, 0.3) is 5.91 Å². The van der Waals surface area contributed by atoms with Crippen molar-refractivity contribution in [3.8, 4) is 0 Å². The molecule has 19 heavy (non-hydrogen) atoms. The third-order valence-corrected chi connectivity index (χ3v) is 2.45. The van der Waals surface area contributed by atoms with E-state index in [0.29, 0.717) is 23.1 Å². The molecule has 1 heterocycles. The molecule has 1 aromatic carbocycles. The Labute approximate surface area is 118 Å². The maximum absolute atomic E-state index is 12.1. The Hall–Kier alpha value is -1.72. The lowest BCUT2D eigenvalue weighted by Gasteiger charge is -2.19. The van der Waals surface area contributed by atoms with Gasteiger partial charge < -0.3 is 11.1 Å². The molecule has 0 radical (unpaired) electrons. The molecule has 2 aromatic rings. The number of hydrogen-bond donors (Lipinski definition) is 2. The number of nitrogens with one attached hydrogen (secondary N) is 1. The van der Waals surface area contributed by atoms with Crippen LogP contribution in [0.4, 0.5) is 0 Å². The van der Waals surface area contributed by atoms with E-state index >= 15 is 0 Å². The van der Waals surface area contributed by atoms with Crippen LogP contribution in [0.15, 0.2) is 30.6 Å². The van der Waals surface area contributed by atoms with Crippen LogP contribution in [0.2, 0.25) is 0 Å². The zero-order chi connectivity index (χ0) is 13.2. The van der Waals surface area contributed by atoms with Gasteiger partial charge in [-0.3, -0.25) is 14.8 Å². The van der Waals surface area contributed by atoms with Crippen LogP contribution in [0.25, 0.3) is 11.0 Å². The smallest absolute Gasteiger partial charge is 0.253 e. The number of carbonyl (C=O) groups is 1. The van der Waals surface area contributed by atoms with Crippen molar-refractivity contribution in [1.29, 1.82) is 0 Å². The van der Waals surface area contributed by atoms with Crippen molar-refractivity contribution >= 4 is 29.3 Å². The van der Waals surface area contributed by atoms with Gasteiger partial charge in [0.1, 0.15) is 5.52 Å². The van der Waals surface area contributed by atoms with Crippen molar-refractivity contribution in [1.82, 2.24) is 15.3 Å². The van der Waals surface area contributed by atoms with Gasteiger partial charge in [-0.2, -0.15) is 0 Å². The first-order valence-corrected chi connectivity index (χ1v) is 5.74. The summed E-state index contributed by atoms with van der Waals surface area (Å²) in [6.45, 7) is 4.12. The first-order valence-electron chi connectivity index (χ1n) is 5.74. The molecule has 0 fully saturated rings. The summed E-state index contributed by atoms with van der Waals surface area (Å²) in [4.78, 5) is 20.4. The molecule has 0 saturated carbocycles. The van der Waals surface area contributed by atoms with Crippen LogP contribution < -0.4 is 11.1 Å². The molecule has 3 N–H and O–H groups in total. The van der Waals surface area contributed by atoms with Gasteiger partial charge in [0.2, 0.25) is 0 Å². The molecule has 0 saturated heterocycles. The van der Waals surface area contributed by atoms with Gasteiger partial charge in [-0.15, -0.1) is 12.4 Å². The molecule has 5 nitrogen and oxygen atoms in total. The fourth-order valence-corrected chi connectivity index (χ4v) is 1.58. The first kappa shape index (κ1) is 15.3. The van der Waals surface area contributed by atoms with Gasteiger partial charge in [-0.05, 0) is 26.0 Å². The molecular weight excluding hydrogens is 264 g/mol. The highest BCUT2D eigenvalue weighted by molar-refractivity contribution is 6.04. The molecule has 1 aromatic heterocycles. The van der Waals surface area contributed by atoms with Gasteiger partial charge in [0.15, 0.2) is 0 Å². The van der Waals surface area contributed by atoms with E-state index in [1.54, 1.807) is 24.5 Å². The summed E-state index contributed by atoms with van der Waals surface area (Å²) in [5.41, 5.74) is 7.22. The van der Waals surface area contributed by atoms with Crippen LogP contribution in [0.5, 0.6) is 0 Å². The molecule has 0 atom stereocenters. The molecule has 0 spiro atoms. The quantitative estimate of drug-likeness (QED) is 0.893. The SMILES string of the molecule is CC(C)(N)CNC(=O)c1cccc2nccnc12.Cl. The van der Waals surface area contributed by atoms with Crippen LogP contribution in [0.1, 0.15) is 24.2 Å². The lowest BCUT2D eigenvalue weighted by atomic mass is 10.1. The van der Waals surface area contributed by atoms with Gasteiger partial charge in [-0.25, -0.2) is 0 Å². The number of nitrogens with zero attached hydrogens (tertiary/aromatic N) is 2. The minimum atomic E-state index is -0.439. The number of benzene rings is 1. The Morgan fingerprint density at radius 1 is 1.32 bits per heavy atom. The first-order chi connectivity index (χ1) is 8.47. The fraction of sp³-hybridized carbons (Fsp3) is 0.308. The zero-order valence-corrected chi connectivity index (χ0v) is 11.7. The van der Waals surface area contributed by atoms with E-state index in [-0.39, 0.29) is 18.3 Å². The predicted molar refractivity (Wildman–Crippen MR) is 77.4 cm³/mol. The number of rotatable bonds is 3. The Morgan fingerprint density at radius 2 is 2.00 bits per heavy atom. The molecular formula is C13H17ClN4O. The molecule has 0 bridgehead atoms. The maximum atomic E-state index is 12.1. The predicted octanol–water partition coefficient (Wildman–Crippen LogP) is 1.52. The molecule has 0 unspecified atom stereocenters. The number of carbonyl (C=O) groups excluding carboxylic acids is 1. The summed E-state index contributed by atoms with van der Waals surface area (Å²) >= 11 is 0. The largest absolute Gasteiger partial charge is 0.350 e. The Morgan fingerprint density at radius 3 is 2.68 bits per heavy atom. The average molecular weight is 281 g/mol. The summed E-state index contributed by atoms with van der Waals surface area (Å²) < 4.78 is 0. The van der Waals surface area contributed by atoms with Crippen LogP contribution in [-0.4, -0.2) is 28.0 Å². The molecule has 102 valence electrons. The number of fused-ring (bicyclic) bond motifs is 1. The normalized spacial score (nSPS) is 10.9. The van der Waals surface area contributed by atoms with Gasteiger partial charge in [0.05, 0.1) is 11.1 Å². The van der Waals surface area contributed by atoms with E-state index in [9.17, 15) is 4.79 Å². The lowest BCUT2D eigenvalue weighted by molar-refractivity contribution is 0.0947. The highest BCUT2D eigenvalue weighted by Crippen LogP contribution is 2.13. The standard InChI is InChI=1S/C13H16N4O.ClH/c1-13(2,14)8-17-12(18)9-4-3-5-10-11(9)16-7-6-15-10;/h3-7H,8,14H2,1-2H3,(H,17,18);1H. The third kappa shape index (κ3) is 3.87. The van der Waals surface area contributed by atoms with Crippen molar-refractivity contribution in [2.45, 2.75) is 19.4 Å². The zero-order valence-electron chi connectivity index (χ0n) is 10.9. The van der Waals surface area contributed by atoms with Crippen molar-refractivity contribution in [3.63, 3.8) is 0 Å². The molecule has 6 heteroatoms. The van der Waals surface area contributed by atoms with E-state index in [0.717, 1.165) is 0 Å². The minimum absolute atomic E-state index is 0. The van der Waals surface area contributed by atoms with Crippen molar-refractivity contribution in [2.75, 3.05) is 6.54 Å². The molecule has 0 aliphatic carbocycles. The Balaban J connectivity index is 0.00000180. The highest BCUT2D eigenvalue weighted by Gasteiger charge is 2.15. The Bertz CT molecular complexity index is 575. The van der Waals surface area contributed by atoms with Gasteiger partial charge in [0, 0.05) is 24.5 Å². The monoisotopic (exact) mass is 280 g/mol. The number of amides is 1. The van der Waals surface area contributed by atoms with Crippen LogP contribution in [0.3, 0.4) is 0 Å². The van der Waals surface area contributed by atoms with Crippen LogP contribution in [-0.2, 0) is 0 Å². The van der Waals surface area contributed by atoms with Crippen molar-refractivity contribution < 1.29 is 4.79 Å². The highest BCUT2D eigenvalue weighted by atomic mass is 35.5. The number of halogens is 1. The van der Waals surface area contributed by atoms with E-state index in [4.69, 9.17) is 5.73 Å². The molecule has 0 aliphatic rings. The topological polar surface area (TPSA) is 80.9 Å². The molecule has 1 amide bonds. The van der Waals surface area contributed by atoms with Gasteiger partial charge >= 0.3 is 0 Å². The van der Waals surface area contributed by atoms with Crippen molar-refractivity contribution in [3.05, 3.63) is 36.2 Å². The van der Waals surface area contributed by atoms with E-state index < -0.39 is 5.54 Å². The fourth-order valence-electron chi connectivity index (χ4n) is 1.58. The number of aromatic nitrogens is 2. The summed E-state index contributed by atoms with van der Waals surface area (Å²) in [7, 11) is 0. The second kappa shape index (κ2) is 5.95. The number of nitrogens with two attached hydrogens (primary N) is 1. The lowest BCUT2D eigenvalue weighted by Crippen LogP contribution is -2.45. The third-order valence-electron chi connectivity index (χ3n) is 2.45. The van der Waals surface area contributed by atoms with Gasteiger partial charge in [-0.1, -0.05) is 6.07 Å². The Kier molecular flexibility index (Phi) is 4.80. The number of hydrogen-bond acceptors (Lipinski definition) is 4. The maximum Gasteiger partial charge on any atom is 0.253 e. The average Bonchev–Trinajstić information content (AvgIpc) is 2.34. The molecule has 2 rings (SSSR count). The van der Waals surface area contributed by atoms with Crippen LogP contribution >= 0.6 is 12.4 Å². The summed E-state index contributed by atoms with van der Waals surface area (Å²) in [6.07, 6.45) is 3.18.